The summed E-state index contributed by atoms with van der Waals surface area (Å²) in [7, 11) is 0. The van der Waals surface area contributed by atoms with Crippen molar-refractivity contribution in [2.75, 3.05) is 0 Å². The van der Waals surface area contributed by atoms with Gasteiger partial charge in [-0.3, -0.25) is 19.7 Å². The van der Waals surface area contributed by atoms with Crippen molar-refractivity contribution in [2.45, 2.75) is 0 Å². The molecule has 27 heavy (non-hydrogen) atoms. The molecular weight excluding hydrogens is 411 g/mol. The van der Waals surface area contributed by atoms with Crippen LogP contribution >= 0.6 is 34.5 Å². The number of hydrogen-bond acceptors (Lipinski definition) is 5. The van der Waals surface area contributed by atoms with Crippen molar-refractivity contribution >= 4 is 58.2 Å². The van der Waals surface area contributed by atoms with Gasteiger partial charge in [-0.1, -0.05) is 29.3 Å². The number of benzene rings is 2. The van der Waals surface area contributed by atoms with Crippen molar-refractivity contribution in [3.8, 4) is 0 Å². The van der Waals surface area contributed by atoms with Crippen LogP contribution in [0.4, 0.5) is 5.69 Å². The number of carbonyl (C=O) groups is 1. The summed E-state index contributed by atoms with van der Waals surface area (Å²) in [6.07, 6.45) is 2.81. The van der Waals surface area contributed by atoms with Crippen molar-refractivity contribution in [3.05, 3.63) is 93.3 Å². The Morgan fingerprint density at radius 3 is 2.52 bits per heavy atom. The van der Waals surface area contributed by atoms with Gasteiger partial charge in [0.1, 0.15) is 5.02 Å². The van der Waals surface area contributed by atoms with Crippen LogP contribution in [-0.4, -0.2) is 15.7 Å². The van der Waals surface area contributed by atoms with Gasteiger partial charge in [-0.05, 0) is 42.0 Å². The minimum absolute atomic E-state index is 0.0137. The molecule has 136 valence electrons. The highest BCUT2D eigenvalue weighted by atomic mass is 35.5. The van der Waals surface area contributed by atoms with Crippen LogP contribution in [0.3, 0.4) is 0 Å². The van der Waals surface area contributed by atoms with E-state index in [9.17, 15) is 19.7 Å². The largest absolute Gasteiger partial charge is 0.313 e. The van der Waals surface area contributed by atoms with Gasteiger partial charge in [0.2, 0.25) is 0 Å². The van der Waals surface area contributed by atoms with E-state index in [0.29, 0.717) is 25.3 Å². The number of rotatable bonds is 4. The van der Waals surface area contributed by atoms with Crippen molar-refractivity contribution in [2.24, 2.45) is 0 Å². The standard InChI is InChI=1S/C18H10Cl2N2O4S/c19-12-4-2-11(3-5-12)15(23)9-17-21-18(24)16(27-17)8-10-1-6-13(20)14(7-10)22(25)26/h1-9H,(H,21,24). The van der Waals surface area contributed by atoms with Crippen LogP contribution in [0.5, 0.6) is 0 Å². The molecule has 0 unspecified atom stereocenters. The summed E-state index contributed by atoms with van der Waals surface area (Å²) in [6, 6.07) is 10.6. The maximum absolute atomic E-state index is 12.2. The summed E-state index contributed by atoms with van der Waals surface area (Å²) in [5, 5.41) is 11.5. The van der Waals surface area contributed by atoms with Crippen LogP contribution in [0, 0.1) is 10.1 Å². The van der Waals surface area contributed by atoms with Crippen LogP contribution < -0.4 is 14.8 Å². The molecule has 3 rings (SSSR count). The summed E-state index contributed by atoms with van der Waals surface area (Å²) < 4.78 is 0.677. The number of Topliss-reactive ketones (excluding diaryl/α,β-unsaturated/α-hetero) is 1. The van der Waals surface area contributed by atoms with Crippen molar-refractivity contribution in [3.63, 3.8) is 0 Å². The first-order valence-corrected chi connectivity index (χ1v) is 9.07. The van der Waals surface area contributed by atoms with E-state index in [0.717, 1.165) is 11.3 Å². The fourth-order valence-electron chi connectivity index (χ4n) is 2.25. The Kier molecular flexibility index (Phi) is 5.55. The molecule has 1 heterocycles. The second-order valence-corrected chi connectivity index (χ2v) is 7.34. The molecule has 0 radical (unpaired) electrons. The highest BCUT2D eigenvalue weighted by Gasteiger charge is 2.12. The Morgan fingerprint density at radius 2 is 1.85 bits per heavy atom. The van der Waals surface area contributed by atoms with Gasteiger partial charge >= 0.3 is 0 Å². The maximum Gasteiger partial charge on any atom is 0.288 e. The Bertz CT molecular complexity index is 1210. The zero-order chi connectivity index (χ0) is 19.6. The number of ketones is 1. The van der Waals surface area contributed by atoms with Gasteiger partial charge in [-0.15, -0.1) is 11.3 Å². The quantitative estimate of drug-likeness (QED) is 0.398. The highest BCUT2D eigenvalue weighted by Crippen LogP contribution is 2.25. The lowest BCUT2D eigenvalue weighted by atomic mass is 10.1. The SMILES string of the molecule is O=C(C=c1[nH]c(=O)c(=Cc2ccc(Cl)c([N+](=O)[O-])c2)s1)c1ccc(Cl)cc1. The molecule has 0 fully saturated rings. The summed E-state index contributed by atoms with van der Waals surface area (Å²) in [4.78, 5) is 37.3. The minimum Gasteiger partial charge on any atom is -0.313 e. The molecular formula is C18H10Cl2N2O4S. The first-order chi connectivity index (χ1) is 12.8. The fraction of sp³-hybridized carbons (Fsp3) is 0. The van der Waals surface area contributed by atoms with Crippen LogP contribution in [0.15, 0.2) is 47.3 Å². The average molecular weight is 421 g/mol. The molecule has 0 aliphatic rings. The molecule has 0 spiro atoms. The average Bonchev–Trinajstić information content (AvgIpc) is 2.96. The molecule has 0 saturated carbocycles. The Labute approximate surface area is 166 Å². The number of carbonyl (C=O) groups excluding carboxylic acids is 1. The van der Waals surface area contributed by atoms with E-state index in [2.05, 4.69) is 4.98 Å². The molecule has 3 aromatic rings. The first-order valence-electron chi connectivity index (χ1n) is 7.50. The van der Waals surface area contributed by atoms with Crippen molar-refractivity contribution < 1.29 is 9.72 Å². The number of aromatic nitrogens is 1. The number of thiazole rings is 1. The molecule has 0 amide bonds. The third-order valence-corrected chi connectivity index (χ3v) is 5.07. The number of nitrogens with zero attached hydrogens (tertiary/aromatic N) is 1. The first kappa shape index (κ1) is 19.0. The minimum atomic E-state index is -0.595. The number of nitro groups is 1. The fourth-order valence-corrected chi connectivity index (χ4v) is 3.45. The molecule has 0 aliphatic heterocycles. The molecule has 2 aromatic carbocycles. The lowest BCUT2D eigenvalue weighted by molar-refractivity contribution is -0.384. The molecule has 0 aliphatic carbocycles. The van der Waals surface area contributed by atoms with Crippen molar-refractivity contribution in [1.29, 1.82) is 0 Å². The van der Waals surface area contributed by atoms with E-state index in [1.807, 2.05) is 0 Å². The van der Waals surface area contributed by atoms with Crippen LogP contribution in [0.1, 0.15) is 15.9 Å². The predicted octanol–water partition coefficient (Wildman–Crippen LogP) is 3.14. The zero-order valence-corrected chi connectivity index (χ0v) is 15.8. The summed E-state index contributed by atoms with van der Waals surface area (Å²) in [6.45, 7) is 0. The summed E-state index contributed by atoms with van der Waals surface area (Å²) in [5.74, 6) is -0.280. The number of H-pyrrole nitrogens is 1. The van der Waals surface area contributed by atoms with Crippen LogP contribution in [0.2, 0.25) is 10.0 Å². The van der Waals surface area contributed by atoms with E-state index >= 15 is 0 Å². The highest BCUT2D eigenvalue weighted by molar-refractivity contribution is 7.07. The second-order valence-electron chi connectivity index (χ2n) is 5.41. The van der Waals surface area contributed by atoms with Gasteiger partial charge in [0.05, 0.1) is 14.1 Å². The number of nitrogens with one attached hydrogen (secondary N) is 1. The molecule has 6 nitrogen and oxygen atoms in total. The topological polar surface area (TPSA) is 93.1 Å². The Hall–Kier alpha value is -2.74. The van der Waals surface area contributed by atoms with E-state index < -0.39 is 10.5 Å². The van der Waals surface area contributed by atoms with E-state index in [1.165, 1.54) is 24.3 Å². The smallest absolute Gasteiger partial charge is 0.288 e. The van der Waals surface area contributed by atoms with Gasteiger partial charge in [0.25, 0.3) is 11.2 Å². The number of nitro benzene ring substituents is 1. The van der Waals surface area contributed by atoms with E-state index in [-0.39, 0.29) is 16.5 Å². The maximum atomic E-state index is 12.2. The third kappa shape index (κ3) is 4.51. The molecule has 9 heteroatoms. The van der Waals surface area contributed by atoms with Gasteiger partial charge in [0, 0.05) is 22.7 Å². The van der Waals surface area contributed by atoms with Crippen LogP contribution in [0.25, 0.3) is 12.2 Å². The van der Waals surface area contributed by atoms with E-state index in [4.69, 9.17) is 23.2 Å². The lowest BCUT2D eigenvalue weighted by Gasteiger charge is -1.96. The normalized spacial score (nSPS) is 12.4. The van der Waals surface area contributed by atoms with Gasteiger partial charge in [-0.2, -0.15) is 0 Å². The summed E-state index contributed by atoms with van der Waals surface area (Å²) in [5.41, 5.74) is 0.248. The van der Waals surface area contributed by atoms with Crippen molar-refractivity contribution in [1.82, 2.24) is 4.98 Å². The third-order valence-electron chi connectivity index (χ3n) is 3.54. The number of hydrogen-bond donors (Lipinski definition) is 1. The van der Waals surface area contributed by atoms with Gasteiger partial charge < -0.3 is 4.98 Å². The molecule has 1 aromatic heterocycles. The second kappa shape index (κ2) is 7.87. The van der Waals surface area contributed by atoms with Gasteiger partial charge in [0.15, 0.2) is 5.78 Å². The predicted molar refractivity (Wildman–Crippen MR) is 106 cm³/mol. The molecule has 0 saturated heterocycles. The zero-order valence-electron chi connectivity index (χ0n) is 13.4. The Morgan fingerprint density at radius 1 is 1.15 bits per heavy atom. The van der Waals surface area contributed by atoms with E-state index in [1.54, 1.807) is 30.3 Å². The Balaban J connectivity index is 1.99. The number of aromatic amines is 1. The van der Waals surface area contributed by atoms with Crippen LogP contribution in [-0.2, 0) is 0 Å². The molecule has 0 bridgehead atoms. The molecule has 1 N–H and O–H groups in total. The molecule has 0 atom stereocenters. The lowest BCUT2D eigenvalue weighted by Crippen LogP contribution is -2.20. The monoisotopic (exact) mass is 420 g/mol. The van der Waals surface area contributed by atoms with Gasteiger partial charge in [-0.25, -0.2) is 0 Å². The summed E-state index contributed by atoms with van der Waals surface area (Å²) >= 11 is 12.6. The number of halogens is 2.